The van der Waals surface area contributed by atoms with Crippen LogP contribution < -0.4 is 10.6 Å². The van der Waals surface area contributed by atoms with Gasteiger partial charge in [0.05, 0.1) is 23.6 Å². The van der Waals surface area contributed by atoms with Gasteiger partial charge in [0.1, 0.15) is 24.4 Å². The summed E-state index contributed by atoms with van der Waals surface area (Å²) in [6.07, 6.45) is -4.74. The monoisotopic (exact) mass is 456 g/mol. The Kier molecular flexibility index (Phi) is 10.2. The number of aliphatic hydroxyl groups is 3. The molecule has 176 valence electrons. The first-order valence-electron chi connectivity index (χ1n) is 10.8. The molecule has 0 aromatic rings. The largest absolute Gasteiger partial charge is 0.388 e. The molecule has 0 aliphatic carbocycles. The topological polar surface area (TPSA) is 111 Å². The molecule has 2 rings (SSSR count). The lowest BCUT2D eigenvalue weighted by molar-refractivity contribution is -0.223. The molecule has 10 heteroatoms. The zero-order valence-corrected chi connectivity index (χ0v) is 18.3. The van der Waals surface area contributed by atoms with E-state index >= 15 is 0 Å². The quantitative estimate of drug-likeness (QED) is 0.350. The van der Waals surface area contributed by atoms with Gasteiger partial charge in [0, 0.05) is 6.42 Å². The molecule has 30 heavy (non-hydrogen) atoms. The third kappa shape index (κ3) is 6.97. The van der Waals surface area contributed by atoms with Crippen LogP contribution >= 0.6 is 11.6 Å². The van der Waals surface area contributed by atoms with E-state index in [-0.39, 0.29) is 12.3 Å². The predicted molar refractivity (Wildman–Crippen MR) is 109 cm³/mol. The van der Waals surface area contributed by atoms with Crippen LogP contribution in [0.25, 0.3) is 0 Å². The standard InChI is InChI=1S/C20H35ClF2N2O5/c1-10(21)15(19-18(28)17(27)16(26)11(2)30-19)25-20(29)13-7-6-12(8-9-24-13)4-3-5-14(22)23/h10-19,24,26-28H,3-9H2,1-2H3,(H,25,29)/t10-,11+,12-,13-,15+,16-,17+,18+,19+/m0/s1. The molecule has 2 fully saturated rings. The molecule has 0 aromatic heterocycles. The summed E-state index contributed by atoms with van der Waals surface area (Å²) in [6.45, 7) is 3.85. The lowest BCUT2D eigenvalue weighted by Gasteiger charge is -2.43. The second-order valence-electron chi connectivity index (χ2n) is 8.55. The average molecular weight is 457 g/mol. The van der Waals surface area contributed by atoms with Gasteiger partial charge in [-0.25, -0.2) is 8.78 Å². The summed E-state index contributed by atoms with van der Waals surface area (Å²) in [4.78, 5) is 12.9. The average Bonchev–Trinajstić information content (AvgIpc) is 2.92. The molecular formula is C20H35ClF2N2O5. The maximum atomic E-state index is 12.9. The van der Waals surface area contributed by atoms with Gasteiger partial charge >= 0.3 is 0 Å². The summed E-state index contributed by atoms with van der Waals surface area (Å²) in [6, 6.07) is -1.23. The van der Waals surface area contributed by atoms with E-state index in [0.717, 1.165) is 19.3 Å². The summed E-state index contributed by atoms with van der Waals surface area (Å²) in [5, 5.41) is 35.7. The van der Waals surface area contributed by atoms with Gasteiger partial charge in [0.2, 0.25) is 12.3 Å². The van der Waals surface area contributed by atoms with E-state index in [4.69, 9.17) is 16.3 Å². The number of carbonyl (C=O) groups excluding carboxylic acids is 1. The Labute approximate surface area is 181 Å². The summed E-state index contributed by atoms with van der Waals surface area (Å²) in [5.74, 6) is 0.0163. The molecule has 2 saturated heterocycles. The number of aliphatic hydroxyl groups excluding tert-OH is 3. The van der Waals surface area contributed by atoms with Crippen molar-refractivity contribution < 1.29 is 33.6 Å². The zero-order valence-electron chi connectivity index (χ0n) is 17.5. The van der Waals surface area contributed by atoms with Crippen LogP contribution in [0.2, 0.25) is 0 Å². The van der Waals surface area contributed by atoms with E-state index in [0.29, 0.717) is 25.3 Å². The molecule has 7 nitrogen and oxygen atoms in total. The fraction of sp³-hybridized carbons (Fsp3) is 0.950. The number of rotatable bonds is 8. The van der Waals surface area contributed by atoms with Crippen molar-refractivity contribution in [2.45, 2.75) is 107 Å². The molecule has 0 radical (unpaired) electrons. The third-order valence-electron chi connectivity index (χ3n) is 6.20. The van der Waals surface area contributed by atoms with Crippen molar-refractivity contribution in [3.63, 3.8) is 0 Å². The van der Waals surface area contributed by atoms with Crippen LogP contribution in [0.3, 0.4) is 0 Å². The van der Waals surface area contributed by atoms with E-state index in [9.17, 15) is 28.9 Å². The molecule has 2 heterocycles. The Bertz CT molecular complexity index is 545. The summed E-state index contributed by atoms with van der Waals surface area (Å²) >= 11 is 6.26. The highest BCUT2D eigenvalue weighted by atomic mass is 35.5. The summed E-state index contributed by atoms with van der Waals surface area (Å²) in [7, 11) is 0. The van der Waals surface area contributed by atoms with Gasteiger partial charge in [-0.2, -0.15) is 0 Å². The number of alkyl halides is 3. The van der Waals surface area contributed by atoms with Crippen LogP contribution in [0.1, 0.15) is 52.4 Å². The van der Waals surface area contributed by atoms with Crippen LogP contribution in [0.4, 0.5) is 8.78 Å². The van der Waals surface area contributed by atoms with Crippen LogP contribution in [0.5, 0.6) is 0 Å². The van der Waals surface area contributed by atoms with Gasteiger partial charge in [-0.3, -0.25) is 4.79 Å². The normalized spacial score (nSPS) is 37.4. The predicted octanol–water partition coefficient (Wildman–Crippen LogP) is 1.16. The molecule has 0 aromatic carbocycles. The molecule has 0 spiro atoms. The van der Waals surface area contributed by atoms with Gasteiger partial charge < -0.3 is 30.7 Å². The van der Waals surface area contributed by atoms with Gasteiger partial charge in [-0.05, 0) is 52.0 Å². The lowest BCUT2D eigenvalue weighted by Crippen LogP contribution is -2.65. The zero-order chi connectivity index (χ0) is 22.4. The smallest absolute Gasteiger partial charge is 0.238 e. The molecule has 2 aliphatic rings. The van der Waals surface area contributed by atoms with Crippen molar-refractivity contribution in [2.24, 2.45) is 5.92 Å². The van der Waals surface area contributed by atoms with Crippen molar-refractivity contribution in [1.29, 1.82) is 0 Å². The minimum Gasteiger partial charge on any atom is -0.388 e. The van der Waals surface area contributed by atoms with Gasteiger partial charge in [0.15, 0.2) is 0 Å². The maximum absolute atomic E-state index is 12.9. The molecule has 0 bridgehead atoms. The molecule has 5 N–H and O–H groups in total. The first kappa shape index (κ1) is 25.7. The SMILES string of the molecule is C[C@H](Cl)[C@@H](NC(=O)[C@@H]1CC[C@H](CCCC(F)F)CCN1)[C@H]1O[C@H](C)[C@H](O)[C@@H](O)[C@H]1O. The van der Waals surface area contributed by atoms with Gasteiger partial charge in [-0.15, -0.1) is 11.6 Å². The Balaban J connectivity index is 1.93. The van der Waals surface area contributed by atoms with Crippen molar-refractivity contribution in [3.05, 3.63) is 0 Å². The molecule has 1 amide bonds. The van der Waals surface area contributed by atoms with Gasteiger partial charge in [0.25, 0.3) is 0 Å². The molecule has 2 aliphatic heterocycles. The van der Waals surface area contributed by atoms with Crippen LogP contribution in [-0.4, -0.2) is 82.2 Å². The molecule has 0 unspecified atom stereocenters. The Morgan fingerprint density at radius 1 is 1.20 bits per heavy atom. The van der Waals surface area contributed by atoms with E-state index in [1.54, 1.807) is 13.8 Å². The number of ether oxygens (including phenoxy) is 1. The molecular weight excluding hydrogens is 422 g/mol. The molecule has 0 saturated carbocycles. The second kappa shape index (κ2) is 11.9. The fourth-order valence-electron chi connectivity index (χ4n) is 4.29. The van der Waals surface area contributed by atoms with Crippen molar-refractivity contribution >= 4 is 17.5 Å². The Morgan fingerprint density at radius 2 is 1.90 bits per heavy atom. The van der Waals surface area contributed by atoms with E-state index in [1.807, 2.05) is 0 Å². The van der Waals surface area contributed by atoms with Crippen LogP contribution in [-0.2, 0) is 9.53 Å². The minimum atomic E-state index is -2.28. The summed E-state index contributed by atoms with van der Waals surface area (Å²) in [5.41, 5.74) is 0. The number of carbonyl (C=O) groups is 1. The fourth-order valence-corrected chi connectivity index (χ4v) is 4.49. The lowest BCUT2D eigenvalue weighted by atomic mass is 9.90. The van der Waals surface area contributed by atoms with E-state index < -0.39 is 54.4 Å². The number of hydrogen-bond donors (Lipinski definition) is 5. The second-order valence-corrected chi connectivity index (χ2v) is 9.24. The highest BCUT2D eigenvalue weighted by Gasteiger charge is 2.46. The number of halogens is 3. The van der Waals surface area contributed by atoms with Crippen LogP contribution in [0.15, 0.2) is 0 Å². The maximum Gasteiger partial charge on any atom is 0.238 e. The van der Waals surface area contributed by atoms with Crippen LogP contribution in [0, 0.1) is 5.92 Å². The van der Waals surface area contributed by atoms with E-state index in [1.165, 1.54) is 0 Å². The van der Waals surface area contributed by atoms with Crippen molar-refractivity contribution in [3.8, 4) is 0 Å². The first-order chi connectivity index (χ1) is 14.1. The number of hydrogen-bond acceptors (Lipinski definition) is 6. The van der Waals surface area contributed by atoms with E-state index in [2.05, 4.69) is 10.6 Å². The number of amides is 1. The number of nitrogens with one attached hydrogen (secondary N) is 2. The highest BCUT2D eigenvalue weighted by molar-refractivity contribution is 6.21. The first-order valence-corrected chi connectivity index (χ1v) is 11.2. The molecule has 9 atom stereocenters. The summed E-state index contributed by atoms with van der Waals surface area (Å²) < 4.78 is 30.3. The van der Waals surface area contributed by atoms with Gasteiger partial charge in [-0.1, -0.05) is 6.42 Å². The Morgan fingerprint density at radius 3 is 2.53 bits per heavy atom. The Hall–Kier alpha value is -0.580. The minimum absolute atomic E-state index is 0.0914. The van der Waals surface area contributed by atoms with Crippen molar-refractivity contribution in [1.82, 2.24) is 10.6 Å². The highest BCUT2D eigenvalue weighted by Crippen LogP contribution is 2.27. The third-order valence-corrected chi connectivity index (χ3v) is 6.48. The van der Waals surface area contributed by atoms with Crippen molar-refractivity contribution in [2.75, 3.05) is 6.54 Å².